The zero-order valence-corrected chi connectivity index (χ0v) is 16.1. The second kappa shape index (κ2) is 9.01. The van der Waals surface area contributed by atoms with Crippen molar-refractivity contribution in [1.29, 1.82) is 0 Å². The molecule has 7 nitrogen and oxygen atoms in total. The molecule has 0 aliphatic carbocycles. The number of nitrogens with zero attached hydrogens (tertiary/aromatic N) is 2. The van der Waals surface area contributed by atoms with Crippen molar-refractivity contribution < 1.29 is 27.8 Å². The predicted octanol–water partition coefficient (Wildman–Crippen LogP) is 4.21. The average Bonchev–Trinajstić information content (AvgIpc) is 3.23. The number of carbonyl (C=O) groups is 1. The summed E-state index contributed by atoms with van der Waals surface area (Å²) >= 11 is 0. The summed E-state index contributed by atoms with van der Waals surface area (Å²) < 4.78 is 34.3. The lowest BCUT2D eigenvalue weighted by atomic mass is 10.1. The molecule has 150 valence electrons. The fourth-order valence-corrected chi connectivity index (χ4v) is 2.50. The summed E-state index contributed by atoms with van der Waals surface area (Å²) in [6.07, 6.45) is 2.07. The molecule has 29 heavy (non-hydrogen) atoms. The first kappa shape index (κ1) is 20.1. The van der Waals surface area contributed by atoms with Crippen molar-refractivity contribution in [3.63, 3.8) is 0 Å². The molecular weight excluding hydrogens is 379 g/mol. The van der Waals surface area contributed by atoms with Crippen LogP contribution in [0.4, 0.5) is 4.39 Å². The Morgan fingerprint density at radius 3 is 2.55 bits per heavy atom. The molecule has 0 aliphatic rings. The van der Waals surface area contributed by atoms with Gasteiger partial charge >= 0.3 is 5.97 Å². The molecule has 0 saturated carbocycles. The average molecular weight is 398 g/mol. The lowest BCUT2D eigenvalue weighted by Crippen LogP contribution is -2.06. The van der Waals surface area contributed by atoms with E-state index in [-0.39, 0.29) is 17.6 Å². The standard InChI is InChI=1S/C21H19FN2O5/c1-13(20-23-24-21(29-20)14-4-7-16(22)8-5-14)28-19(25)11-6-15-12-17(26-2)9-10-18(15)27-3/h4-13H,1-3H3/b11-6+/t13-/m1/s1. The van der Waals surface area contributed by atoms with E-state index in [0.717, 1.165) is 0 Å². The highest BCUT2D eigenvalue weighted by Crippen LogP contribution is 2.26. The van der Waals surface area contributed by atoms with Crippen molar-refractivity contribution in [3.05, 3.63) is 65.8 Å². The van der Waals surface area contributed by atoms with Crippen molar-refractivity contribution in [2.24, 2.45) is 0 Å². The van der Waals surface area contributed by atoms with Gasteiger partial charge in [-0.2, -0.15) is 0 Å². The van der Waals surface area contributed by atoms with Crippen LogP contribution in [0.25, 0.3) is 17.5 Å². The Labute approximate surface area is 166 Å². The van der Waals surface area contributed by atoms with E-state index in [1.807, 2.05) is 0 Å². The van der Waals surface area contributed by atoms with Crippen LogP contribution in [0.1, 0.15) is 24.5 Å². The first-order valence-corrected chi connectivity index (χ1v) is 8.70. The molecule has 1 heterocycles. The molecule has 0 spiro atoms. The summed E-state index contributed by atoms with van der Waals surface area (Å²) in [5.74, 6) is 0.596. The SMILES string of the molecule is COc1ccc(OC)c(/C=C/C(=O)O[C@H](C)c2nnc(-c3ccc(F)cc3)o2)c1. The lowest BCUT2D eigenvalue weighted by Gasteiger charge is -2.08. The van der Waals surface area contributed by atoms with E-state index in [9.17, 15) is 9.18 Å². The summed E-state index contributed by atoms with van der Waals surface area (Å²) in [6.45, 7) is 1.61. The fourth-order valence-electron chi connectivity index (χ4n) is 2.50. The summed E-state index contributed by atoms with van der Waals surface area (Å²) in [6, 6.07) is 10.9. The number of ether oxygens (including phenoxy) is 3. The summed E-state index contributed by atoms with van der Waals surface area (Å²) in [5.41, 5.74) is 1.22. The topological polar surface area (TPSA) is 83.7 Å². The van der Waals surface area contributed by atoms with Gasteiger partial charge in [-0.1, -0.05) is 0 Å². The molecule has 8 heteroatoms. The third kappa shape index (κ3) is 4.98. The smallest absolute Gasteiger partial charge is 0.331 e. The van der Waals surface area contributed by atoms with Gasteiger partial charge in [-0.3, -0.25) is 0 Å². The van der Waals surface area contributed by atoms with Crippen molar-refractivity contribution >= 4 is 12.0 Å². The van der Waals surface area contributed by atoms with E-state index in [1.54, 1.807) is 38.3 Å². The molecule has 0 bridgehead atoms. The molecule has 2 aromatic carbocycles. The fraction of sp³-hybridized carbons (Fsp3) is 0.190. The van der Waals surface area contributed by atoms with Crippen LogP contribution in [-0.2, 0) is 9.53 Å². The molecule has 0 amide bonds. The van der Waals surface area contributed by atoms with Crippen LogP contribution in [0.3, 0.4) is 0 Å². The Hall–Kier alpha value is -3.68. The number of aromatic nitrogens is 2. The normalized spacial score (nSPS) is 12.0. The van der Waals surface area contributed by atoms with Gasteiger partial charge in [0.25, 0.3) is 5.89 Å². The molecule has 0 N–H and O–H groups in total. The Bertz CT molecular complexity index is 1010. The van der Waals surface area contributed by atoms with Crippen molar-refractivity contribution in [1.82, 2.24) is 10.2 Å². The molecule has 0 fully saturated rings. The van der Waals surface area contributed by atoms with Crippen LogP contribution < -0.4 is 9.47 Å². The maximum absolute atomic E-state index is 13.0. The highest BCUT2D eigenvalue weighted by atomic mass is 19.1. The Kier molecular flexibility index (Phi) is 6.23. The molecule has 0 unspecified atom stereocenters. The number of hydrogen-bond donors (Lipinski definition) is 0. The summed E-state index contributed by atoms with van der Waals surface area (Å²) in [4.78, 5) is 12.2. The molecule has 1 atom stereocenters. The minimum atomic E-state index is -0.763. The van der Waals surface area contributed by atoms with Gasteiger partial charge in [0.15, 0.2) is 6.10 Å². The summed E-state index contributed by atoms with van der Waals surface area (Å²) in [5, 5.41) is 7.79. The van der Waals surface area contributed by atoms with Crippen LogP contribution in [0.15, 0.2) is 53.0 Å². The van der Waals surface area contributed by atoms with Gasteiger partial charge in [0.05, 0.1) is 14.2 Å². The zero-order chi connectivity index (χ0) is 20.8. The Morgan fingerprint density at radius 1 is 1.10 bits per heavy atom. The molecule has 3 aromatic rings. The van der Waals surface area contributed by atoms with Crippen molar-refractivity contribution in [2.45, 2.75) is 13.0 Å². The van der Waals surface area contributed by atoms with E-state index in [2.05, 4.69) is 10.2 Å². The lowest BCUT2D eigenvalue weighted by molar-refractivity contribution is -0.143. The minimum absolute atomic E-state index is 0.130. The van der Waals surface area contributed by atoms with Gasteiger partial charge in [-0.15, -0.1) is 10.2 Å². The number of methoxy groups -OCH3 is 2. The van der Waals surface area contributed by atoms with Crippen molar-refractivity contribution in [3.8, 4) is 23.0 Å². The number of rotatable bonds is 7. The maximum Gasteiger partial charge on any atom is 0.331 e. The molecule has 1 aromatic heterocycles. The van der Waals surface area contributed by atoms with Crippen LogP contribution in [-0.4, -0.2) is 30.4 Å². The number of halogens is 1. The number of carbonyl (C=O) groups excluding carboxylic acids is 1. The number of esters is 1. The van der Waals surface area contributed by atoms with Gasteiger partial charge in [-0.25, -0.2) is 9.18 Å². The third-order valence-corrected chi connectivity index (χ3v) is 4.01. The van der Waals surface area contributed by atoms with Gasteiger partial charge in [-0.05, 0) is 55.5 Å². The first-order valence-electron chi connectivity index (χ1n) is 8.70. The van der Waals surface area contributed by atoms with E-state index < -0.39 is 12.1 Å². The molecule has 0 radical (unpaired) electrons. The van der Waals surface area contributed by atoms with Crippen molar-refractivity contribution in [2.75, 3.05) is 14.2 Å². The monoisotopic (exact) mass is 398 g/mol. The first-order chi connectivity index (χ1) is 14.0. The number of benzene rings is 2. The van der Waals surface area contributed by atoms with E-state index in [0.29, 0.717) is 22.6 Å². The van der Waals surface area contributed by atoms with Gasteiger partial charge in [0.1, 0.15) is 17.3 Å². The Balaban J connectivity index is 1.67. The largest absolute Gasteiger partial charge is 0.497 e. The second-order valence-electron chi connectivity index (χ2n) is 5.97. The molecule has 0 aliphatic heterocycles. The zero-order valence-electron chi connectivity index (χ0n) is 16.1. The van der Waals surface area contributed by atoms with Gasteiger partial charge in [0, 0.05) is 17.2 Å². The molecular formula is C21H19FN2O5. The van der Waals surface area contributed by atoms with Gasteiger partial charge < -0.3 is 18.6 Å². The highest BCUT2D eigenvalue weighted by molar-refractivity contribution is 5.87. The predicted molar refractivity (Wildman–Crippen MR) is 103 cm³/mol. The third-order valence-electron chi connectivity index (χ3n) is 4.01. The minimum Gasteiger partial charge on any atom is -0.497 e. The van der Waals surface area contributed by atoms with E-state index >= 15 is 0 Å². The van der Waals surface area contributed by atoms with Crippen LogP contribution >= 0.6 is 0 Å². The Morgan fingerprint density at radius 2 is 1.86 bits per heavy atom. The summed E-state index contributed by atoms with van der Waals surface area (Å²) in [7, 11) is 3.09. The van der Waals surface area contributed by atoms with Crippen LogP contribution in [0, 0.1) is 5.82 Å². The molecule has 0 saturated heterocycles. The second-order valence-corrected chi connectivity index (χ2v) is 5.97. The number of hydrogen-bond acceptors (Lipinski definition) is 7. The van der Waals surface area contributed by atoms with Crippen LogP contribution in [0.2, 0.25) is 0 Å². The maximum atomic E-state index is 13.0. The van der Waals surface area contributed by atoms with E-state index in [1.165, 1.54) is 37.5 Å². The van der Waals surface area contributed by atoms with Gasteiger partial charge in [0.2, 0.25) is 5.89 Å². The quantitative estimate of drug-likeness (QED) is 0.435. The highest BCUT2D eigenvalue weighted by Gasteiger charge is 2.18. The van der Waals surface area contributed by atoms with Crippen LogP contribution in [0.5, 0.6) is 11.5 Å². The molecule has 3 rings (SSSR count). The van der Waals surface area contributed by atoms with E-state index in [4.69, 9.17) is 18.6 Å².